The summed E-state index contributed by atoms with van der Waals surface area (Å²) in [4.78, 5) is 11.0. The molecule has 0 amide bonds. The highest BCUT2D eigenvalue weighted by Gasteiger charge is 2.08. The SMILES string of the molecule is CN=C(NCCSCc1ccc(C)cc1)N(C)Cc1csc(C)n1. The first-order chi connectivity index (χ1) is 11.6. The predicted octanol–water partition coefficient (Wildman–Crippen LogP) is 3.70. The number of hydrogen-bond acceptors (Lipinski definition) is 4. The molecular formula is C18H26N4S2. The van der Waals surface area contributed by atoms with Gasteiger partial charge in [-0.1, -0.05) is 29.8 Å². The standard InChI is InChI=1S/C18H26N4S2/c1-14-5-7-16(8-6-14)12-23-10-9-20-18(19-3)22(4)11-17-13-24-15(2)21-17/h5-8,13H,9-12H2,1-4H3,(H,19,20). The number of aryl methyl sites for hydroxylation is 2. The predicted molar refractivity (Wildman–Crippen MR) is 107 cm³/mol. The summed E-state index contributed by atoms with van der Waals surface area (Å²) in [5, 5.41) is 6.64. The topological polar surface area (TPSA) is 40.5 Å². The Balaban J connectivity index is 1.68. The van der Waals surface area contributed by atoms with Gasteiger partial charge in [0.1, 0.15) is 0 Å². The molecule has 1 aromatic carbocycles. The smallest absolute Gasteiger partial charge is 0.193 e. The van der Waals surface area contributed by atoms with E-state index in [1.807, 2.05) is 32.8 Å². The molecule has 0 aliphatic rings. The quantitative estimate of drug-likeness (QED) is 0.463. The zero-order chi connectivity index (χ0) is 17.4. The molecule has 2 aromatic rings. The zero-order valence-corrected chi connectivity index (χ0v) is 16.5. The third-order valence-electron chi connectivity index (χ3n) is 3.56. The molecule has 130 valence electrons. The van der Waals surface area contributed by atoms with Crippen molar-refractivity contribution in [2.24, 2.45) is 4.99 Å². The Morgan fingerprint density at radius 3 is 2.67 bits per heavy atom. The highest BCUT2D eigenvalue weighted by atomic mass is 32.2. The molecule has 0 saturated heterocycles. The van der Waals surface area contributed by atoms with Crippen LogP contribution in [0.4, 0.5) is 0 Å². The van der Waals surface area contributed by atoms with Crippen LogP contribution in [0.25, 0.3) is 0 Å². The minimum Gasteiger partial charge on any atom is -0.355 e. The summed E-state index contributed by atoms with van der Waals surface area (Å²) in [5.74, 6) is 3.02. The van der Waals surface area contributed by atoms with Crippen LogP contribution >= 0.6 is 23.1 Å². The lowest BCUT2D eigenvalue weighted by Gasteiger charge is -2.21. The third kappa shape index (κ3) is 6.17. The second-order valence-corrected chi connectivity index (χ2v) is 7.89. The van der Waals surface area contributed by atoms with Gasteiger partial charge in [-0.3, -0.25) is 4.99 Å². The highest BCUT2D eigenvalue weighted by molar-refractivity contribution is 7.98. The van der Waals surface area contributed by atoms with Crippen LogP contribution in [0.3, 0.4) is 0 Å². The number of hydrogen-bond donors (Lipinski definition) is 1. The van der Waals surface area contributed by atoms with Gasteiger partial charge in [0.25, 0.3) is 0 Å². The fourth-order valence-corrected chi connectivity index (χ4v) is 3.72. The first-order valence-corrected chi connectivity index (χ1v) is 10.1. The van der Waals surface area contributed by atoms with E-state index in [9.17, 15) is 0 Å². The molecule has 0 unspecified atom stereocenters. The van der Waals surface area contributed by atoms with Crippen LogP contribution < -0.4 is 5.32 Å². The lowest BCUT2D eigenvalue weighted by Crippen LogP contribution is -2.39. The first-order valence-electron chi connectivity index (χ1n) is 8.04. The van der Waals surface area contributed by atoms with Crippen LogP contribution in [0.5, 0.6) is 0 Å². The van der Waals surface area contributed by atoms with Crippen molar-refractivity contribution in [1.29, 1.82) is 0 Å². The molecule has 2 rings (SSSR count). The van der Waals surface area contributed by atoms with E-state index in [4.69, 9.17) is 0 Å². The van der Waals surface area contributed by atoms with E-state index in [1.54, 1.807) is 11.3 Å². The summed E-state index contributed by atoms with van der Waals surface area (Å²) in [6, 6.07) is 8.76. The lowest BCUT2D eigenvalue weighted by molar-refractivity contribution is 0.473. The summed E-state index contributed by atoms with van der Waals surface area (Å²) in [7, 11) is 3.87. The van der Waals surface area contributed by atoms with Crippen LogP contribution in [0.1, 0.15) is 21.8 Å². The van der Waals surface area contributed by atoms with Gasteiger partial charge in [0.2, 0.25) is 0 Å². The number of aliphatic imine (C=N–C) groups is 1. The van der Waals surface area contributed by atoms with Crippen molar-refractivity contribution >= 4 is 29.1 Å². The van der Waals surface area contributed by atoms with Gasteiger partial charge in [0.15, 0.2) is 5.96 Å². The summed E-state index contributed by atoms with van der Waals surface area (Å²) < 4.78 is 0. The summed E-state index contributed by atoms with van der Waals surface area (Å²) in [6.45, 7) is 5.84. The number of guanidine groups is 1. The Kier molecular flexibility index (Phi) is 7.59. The van der Waals surface area contributed by atoms with E-state index in [-0.39, 0.29) is 0 Å². The average molecular weight is 363 g/mol. The molecule has 0 atom stereocenters. The van der Waals surface area contributed by atoms with E-state index < -0.39 is 0 Å². The number of aromatic nitrogens is 1. The zero-order valence-electron chi connectivity index (χ0n) is 14.9. The molecule has 1 aromatic heterocycles. The van der Waals surface area contributed by atoms with Gasteiger partial charge in [-0.15, -0.1) is 11.3 Å². The molecule has 0 fully saturated rings. The van der Waals surface area contributed by atoms with Gasteiger partial charge in [-0.25, -0.2) is 4.98 Å². The van der Waals surface area contributed by atoms with Crippen molar-refractivity contribution in [2.75, 3.05) is 26.4 Å². The van der Waals surface area contributed by atoms with Crippen LogP contribution in [-0.4, -0.2) is 42.2 Å². The molecule has 1 N–H and O–H groups in total. The van der Waals surface area contributed by atoms with E-state index in [1.165, 1.54) is 11.1 Å². The fourth-order valence-electron chi connectivity index (χ4n) is 2.29. The van der Waals surface area contributed by atoms with Gasteiger partial charge in [0, 0.05) is 37.5 Å². The van der Waals surface area contributed by atoms with Crippen LogP contribution in [0, 0.1) is 13.8 Å². The Labute approximate surface area is 153 Å². The molecule has 1 heterocycles. The minimum absolute atomic E-state index is 0.778. The molecular weight excluding hydrogens is 336 g/mol. The number of nitrogens with zero attached hydrogens (tertiary/aromatic N) is 3. The van der Waals surface area contributed by atoms with Crippen LogP contribution in [-0.2, 0) is 12.3 Å². The first kappa shape index (κ1) is 18.8. The largest absolute Gasteiger partial charge is 0.355 e. The van der Waals surface area contributed by atoms with Crippen molar-refractivity contribution in [3.63, 3.8) is 0 Å². The molecule has 0 spiro atoms. The molecule has 24 heavy (non-hydrogen) atoms. The molecule has 6 heteroatoms. The monoisotopic (exact) mass is 362 g/mol. The molecule has 0 aliphatic heterocycles. The maximum absolute atomic E-state index is 4.51. The van der Waals surface area contributed by atoms with Gasteiger partial charge < -0.3 is 10.2 Å². The van der Waals surface area contributed by atoms with Crippen molar-refractivity contribution in [3.8, 4) is 0 Å². The maximum Gasteiger partial charge on any atom is 0.193 e. The van der Waals surface area contributed by atoms with Gasteiger partial charge in [0.05, 0.1) is 17.2 Å². The maximum atomic E-state index is 4.51. The Morgan fingerprint density at radius 1 is 1.29 bits per heavy atom. The molecule has 0 aliphatic carbocycles. The number of rotatable bonds is 7. The van der Waals surface area contributed by atoms with E-state index in [2.05, 4.69) is 56.8 Å². The van der Waals surface area contributed by atoms with Crippen molar-refractivity contribution < 1.29 is 0 Å². The number of thioether (sulfide) groups is 1. The van der Waals surface area contributed by atoms with E-state index in [0.717, 1.165) is 41.3 Å². The fraction of sp³-hybridized carbons (Fsp3) is 0.444. The number of benzene rings is 1. The highest BCUT2D eigenvalue weighted by Crippen LogP contribution is 2.12. The Hall–Kier alpha value is -1.53. The van der Waals surface area contributed by atoms with Crippen molar-refractivity contribution in [3.05, 3.63) is 51.5 Å². The van der Waals surface area contributed by atoms with Gasteiger partial charge >= 0.3 is 0 Å². The van der Waals surface area contributed by atoms with Crippen LogP contribution in [0.2, 0.25) is 0 Å². The van der Waals surface area contributed by atoms with Gasteiger partial charge in [-0.05, 0) is 19.4 Å². The third-order valence-corrected chi connectivity index (χ3v) is 5.41. The molecule has 0 saturated carbocycles. The summed E-state index contributed by atoms with van der Waals surface area (Å²) in [5.41, 5.74) is 3.79. The summed E-state index contributed by atoms with van der Waals surface area (Å²) >= 11 is 3.62. The normalized spacial score (nSPS) is 11.6. The van der Waals surface area contributed by atoms with Crippen molar-refractivity contribution in [1.82, 2.24) is 15.2 Å². The minimum atomic E-state index is 0.778. The van der Waals surface area contributed by atoms with E-state index >= 15 is 0 Å². The second kappa shape index (κ2) is 9.69. The Bertz CT molecular complexity index is 649. The van der Waals surface area contributed by atoms with E-state index in [0.29, 0.717) is 0 Å². The number of nitrogens with one attached hydrogen (secondary N) is 1. The lowest BCUT2D eigenvalue weighted by atomic mass is 10.2. The second-order valence-electron chi connectivity index (χ2n) is 5.73. The summed E-state index contributed by atoms with van der Waals surface area (Å²) in [6.07, 6.45) is 0. The number of thiazole rings is 1. The van der Waals surface area contributed by atoms with Crippen LogP contribution in [0.15, 0.2) is 34.6 Å². The van der Waals surface area contributed by atoms with Gasteiger partial charge in [-0.2, -0.15) is 11.8 Å². The Morgan fingerprint density at radius 2 is 2.04 bits per heavy atom. The molecule has 0 bridgehead atoms. The average Bonchev–Trinajstić information content (AvgIpc) is 2.97. The molecule has 4 nitrogen and oxygen atoms in total. The van der Waals surface area contributed by atoms with Crippen molar-refractivity contribution in [2.45, 2.75) is 26.1 Å². The molecule has 0 radical (unpaired) electrons.